The molecule has 1 heterocycles. The SMILES string of the molecule is CCc1ccc(N)cc1S(=O)(=O)NC(C)c1ncc(C)o1. The van der Waals surface area contributed by atoms with Gasteiger partial charge in [0.25, 0.3) is 0 Å². The second kappa shape index (κ2) is 5.87. The summed E-state index contributed by atoms with van der Waals surface area (Å²) in [4.78, 5) is 4.23. The van der Waals surface area contributed by atoms with Crippen molar-refractivity contribution in [3.8, 4) is 0 Å². The van der Waals surface area contributed by atoms with Crippen LogP contribution in [0.25, 0.3) is 0 Å². The zero-order valence-electron chi connectivity index (χ0n) is 12.3. The van der Waals surface area contributed by atoms with Gasteiger partial charge in [0.05, 0.1) is 17.1 Å². The first-order valence-corrected chi connectivity index (χ1v) is 8.15. The minimum atomic E-state index is -3.69. The molecule has 0 spiro atoms. The van der Waals surface area contributed by atoms with Gasteiger partial charge in [0.1, 0.15) is 5.76 Å². The third-order valence-electron chi connectivity index (χ3n) is 3.10. The van der Waals surface area contributed by atoms with Crippen LogP contribution in [0.4, 0.5) is 5.69 Å². The fraction of sp³-hybridized carbons (Fsp3) is 0.357. The lowest BCUT2D eigenvalue weighted by molar-refractivity contribution is 0.427. The third kappa shape index (κ3) is 3.43. The highest BCUT2D eigenvalue weighted by atomic mass is 32.2. The normalized spacial score (nSPS) is 13.3. The van der Waals surface area contributed by atoms with Gasteiger partial charge < -0.3 is 10.2 Å². The maximum absolute atomic E-state index is 12.5. The first-order valence-electron chi connectivity index (χ1n) is 6.66. The average Bonchev–Trinajstić information content (AvgIpc) is 2.85. The fourth-order valence-electron chi connectivity index (χ4n) is 2.03. The second-order valence-electron chi connectivity index (χ2n) is 4.87. The Morgan fingerprint density at radius 1 is 1.43 bits per heavy atom. The molecule has 0 fully saturated rings. The van der Waals surface area contributed by atoms with Crippen LogP contribution >= 0.6 is 0 Å². The van der Waals surface area contributed by atoms with Gasteiger partial charge in [0.15, 0.2) is 0 Å². The van der Waals surface area contributed by atoms with Crippen molar-refractivity contribution in [3.63, 3.8) is 0 Å². The Labute approximate surface area is 124 Å². The van der Waals surface area contributed by atoms with Crippen molar-refractivity contribution in [1.29, 1.82) is 0 Å². The van der Waals surface area contributed by atoms with E-state index in [0.29, 0.717) is 29.3 Å². The fourth-order valence-corrected chi connectivity index (χ4v) is 3.57. The summed E-state index contributed by atoms with van der Waals surface area (Å²) in [6, 6.07) is 4.33. The molecule has 1 atom stereocenters. The van der Waals surface area contributed by atoms with E-state index in [-0.39, 0.29) is 4.90 Å². The lowest BCUT2D eigenvalue weighted by atomic mass is 10.1. The van der Waals surface area contributed by atoms with Crippen LogP contribution in [0.1, 0.15) is 37.1 Å². The molecular weight excluding hydrogens is 290 g/mol. The average molecular weight is 309 g/mol. The molecule has 0 aliphatic carbocycles. The van der Waals surface area contributed by atoms with Gasteiger partial charge in [0.2, 0.25) is 15.9 Å². The summed E-state index contributed by atoms with van der Waals surface area (Å²) in [5, 5.41) is 0. The van der Waals surface area contributed by atoms with Crippen molar-refractivity contribution < 1.29 is 12.8 Å². The monoisotopic (exact) mass is 309 g/mol. The highest BCUT2D eigenvalue weighted by Crippen LogP contribution is 2.22. The van der Waals surface area contributed by atoms with Crippen molar-refractivity contribution in [2.75, 3.05) is 5.73 Å². The number of nitrogens with zero attached hydrogens (tertiary/aromatic N) is 1. The minimum Gasteiger partial charge on any atom is -0.444 e. The number of benzene rings is 1. The number of nitrogens with two attached hydrogens (primary N) is 1. The molecule has 1 unspecified atom stereocenters. The van der Waals surface area contributed by atoms with Gasteiger partial charge in [-0.3, -0.25) is 0 Å². The maximum Gasteiger partial charge on any atom is 0.241 e. The van der Waals surface area contributed by atoms with E-state index in [0.717, 1.165) is 0 Å². The zero-order valence-corrected chi connectivity index (χ0v) is 13.1. The van der Waals surface area contributed by atoms with Gasteiger partial charge in [-0.2, -0.15) is 4.72 Å². The summed E-state index contributed by atoms with van der Waals surface area (Å²) in [6.45, 7) is 5.33. The van der Waals surface area contributed by atoms with Crippen LogP contribution in [0.5, 0.6) is 0 Å². The van der Waals surface area contributed by atoms with E-state index >= 15 is 0 Å². The molecule has 3 N–H and O–H groups in total. The minimum absolute atomic E-state index is 0.195. The van der Waals surface area contributed by atoms with Gasteiger partial charge in [0, 0.05) is 5.69 Å². The van der Waals surface area contributed by atoms with E-state index in [2.05, 4.69) is 9.71 Å². The van der Waals surface area contributed by atoms with E-state index < -0.39 is 16.1 Å². The number of hydrogen-bond donors (Lipinski definition) is 2. The molecule has 7 heteroatoms. The molecule has 0 aliphatic heterocycles. The molecule has 1 aromatic heterocycles. The smallest absolute Gasteiger partial charge is 0.241 e. The Morgan fingerprint density at radius 3 is 2.71 bits per heavy atom. The molecule has 0 aliphatic rings. The van der Waals surface area contributed by atoms with Crippen LogP contribution in [0, 0.1) is 6.92 Å². The number of nitrogen functional groups attached to an aromatic ring is 1. The number of anilines is 1. The molecule has 1 aromatic carbocycles. The first kappa shape index (κ1) is 15.5. The molecule has 0 saturated carbocycles. The van der Waals surface area contributed by atoms with Crippen LogP contribution in [-0.4, -0.2) is 13.4 Å². The number of hydrogen-bond acceptors (Lipinski definition) is 5. The molecule has 0 saturated heterocycles. The number of aryl methyl sites for hydroxylation is 2. The lowest BCUT2D eigenvalue weighted by Crippen LogP contribution is -2.28. The summed E-state index contributed by atoms with van der Waals surface area (Å²) < 4.78 is 32.9. The van der Waals surface area contributed by atoms with E-state index in [1.807, 2.05) is 6.92 Å². The Bertz CT molecular complexity index is 738. The first-order chi connectivity index (χ1) is 9.83. The van der Waals surface area contributed by atoms with E-state index in [1.54, 1.807) is 32.2 Å². The van der Waals surface area contributed by atoms with Crippen LogP contribution in [0.15, 0.2) is 33.7 Å². The van der Waals surface area contributed by atoms with Crippen LogP contribution in [-0.2, 0) is 16.4 Å². The van der Waals surface area contributed by atoms with Crippen LogP contribution < -0.4 is 10.5 Å². The lowest BCUT2D eigenvalue weighted by Gasteiger charge is -2.14. The predicted octanol–water partition coefficient (Wildman–Crippen LogP) is 2.17. The van der Waals surface area contributed by atoms with Gasteiger partial charge >= 0.3 is 0 Å². The van der Waals surface area contributed by atoms with Crippen molar-refractivity contribution in [1.82, 2.24) is 9.71 Å². The van der Waals surface area contributed by atoms with Crippen molar-refractivity contribution in [2.24, 2.45) is 0 Å². The summed E-state index contributed by atoms with van der Waals surface area (Å²) in [6.07, 6.45) is 2.15. The quantitative estimate of drug-likeness (QED) is 0.825. The number of aromatic nitrogens is 1. The number of nitrogens with one attached hydrogen (secondary N) is 1. The number of sulfonamides is 1. The molecule has 2 rings (SSSR count). The van der Waals surface area contributed by atoms with Gasteiger partial charge in [-0.1, -0.05) is 13.0 Å². The second-order valence-corrected chi connectivity index (χ2v) is 6.56. The predicted molar refractivity (Wildman–Crippen MR) is 80.2 cm³/mol. The largest absolute Gasteiger partial charge is 0.444 e. The zero-order chi connectivity index (χ0) is 15.6. The van der Waals surface area contributed by atoms with E-state index in [4.69, 9.17) is 10.2 Å². The van der Waals surface area contributed by atoms with Crippen molar-refractivity contribution >= 4 is 15.7 Å². The summed E-state index contributed by atoms with van der Waals surface area (Å²) in [5.41, 5.74) is 6.83. The Kier molecular flexibility index (Phi) is 4.34. The molecule has 6 nitrogen and oxygen atoms in total. The maximum atomic E-state index is 12.5. The molecule has 21 heavy (non-hydrogen) atoms. The van der Waals surface area contributed by atoms with Crippen molar-refractivity contribution in [3.05, 3.63) is 41.6 Å². The summed E-state index contributed by atoms with van der Waals surface area (Å²) >= 11 is 0. The molecule has 0 bridgehead atoms. The standard InChI is InChI=1S/C14H19N3O3S/c1-4-11-5-6-12(15)7-13(11)21(18,19)17-10(3)14-16-8-9(2)20-14/h5-8,10,17H,4,15H2,1-3H3. The molecule has 0 radical (unpaired) electrons. The molecular formula is C14H19N3O3S. The summed E-state index contributed by atoms with van der Waals surface area (Å²) in [5.74, 6) is 0.965. The topological polar surface area (TPSA) is 98.2 Å². The van der Waals surface area contributed by atoms with Gasteiger partial charge in [-0.15, -0.1) is 0 Å². The Morgan fingerprint density at radius 2 is 2.14 bits per heavy atom. The van der Waals surface area contributed by atoms with Crippen molar-refractivity contribution in [2.45, 2.75) is 38.1 Å². The third-order valence-corrected chi connectivity index (χ3v) is 4.73. The number of rotatable bonds is 5. The number of oxazole rings is 1. The van der Waals surface area contributed by atoms with E-state index in [9.17, 15) is 8.42 Å². The van der Waals surface area contributed by atoms with Gasteiger partial charge in [-0.25, -0.2) is 13.4 Å². The van der Waals surface area contributed by atoms with Crippen LogP contribution in [0.2, 0.25) is 0 Å². The highest BCUT2D eigenvalue weighted by Gasteiger charge is 2.23. The highest BCUT2D eigenvalue weighted by molar-refractivity contribution is 7.89. The molecule has 114 valence electrons. The molecule has 0 amide bonds. The Balaban J connectivity index is 2.32. The Hall–Kier alpha value is -1.86. The molecule has 2 aromatic rings. The van der Waals surface area contributed by atoms with E-state index in [1.165, 1.54) is 6.07 Å². The summed E-state index contributed by atoms with van der Waals surface area (Å²) in [7, 11) is -3.69. The van der Waals surface area contributed by atoms with Crippen LogP contribution in [0.3, 0.4) is 0 Å². The van der Waals surface area contributed by atoms with Gasteiger partial charge in [-0.05, 0) is 38.0 Å².